The highest BCUT2D eigenvalue weighted by Crippen LogP contribution is 2.33. The van der Waals surface area contributed by atoms with Crippen LogP contribution in [0.4, 0.5) is 17.3 Å². The van der Waals surface area contributed by atoms with Gasteiger partial charge in [0.15, 0.2) is 5.65 Å². The van der Waals surface area contributed by atoms with Crippen molar-refractivity contribution in [3.8, 4) is 0 Å². The van der Waals surface area contributed by atoms with Crippen molar-refractivity contribution in [3.05, 3.63) is 84.1 Å². The summed E-state index contributed by atoms with van der Waals surface area (Å²) in [6.07, 6.45) is 3.81. The lowest BCUT2D eigenvalue weighted by Gasteiger charge is -2.24. The fraction of sp³-hybridized carbons (Fsp3) is 0.240. The normalized spacial score (nSPS) is 14.4. The van der Waals surface area contributed by atoms with Gasteiger partial charge >= 0.3 is 0 Å². The van der Waals surface area contributed by atoms with Crippen LogP contribution in [0.3, 0.4) is 0 Å². The van der Waals surface area contributed by atoms with Crippen LogP contribution >= 0.6 is 0 Å². The number of hydrogen-bond acceptors (Lipinski definition) is 5. The first-order valence-corrected chi connectivity index (χ1v) is 11.0. The van der Waals surface area contributed by atoms with E-state index in [0.29, 0.717) is 11.5 Å². The highest BCUT2D eigenvalue weighted by Gasteiger charge is 2.19. The second-order valence-corrected chi connectivity index (χ2v) is 8.13. The average molecular weight is 427 g/mol. The van der Waals surface area contributed by atoms with Gasteiger partial charge in [0.2, 0.25) is 0 Å². The number of carbonyl (C=O) groups excluding carboxylic acids is 1. The van der Waals surface area contributed by atoms with E-state index in [1.54, 1.807) is 4.52 Å². The zero-order valence-corrected chi connectivity index (χ0v) is 18.0. The molecule has 1 amide bonds. The predicted octanol–water partition coefficient (Wildman–Crippen LogP) is 3.99. The van der Waals surface area contributed by atoms with Crippen LogP contribution in [0, 0.1) is 6.92 Å². The van der Waals surface area contributed by atoms with E-state index in [2.05, 4.69) is 34.8 Å². The van der Waals surface area contributed by atoms with Crippen LogP contribution in [-0.2, 0) is 0 Å². The molecule has 162 valence electrons. The minimum Gasteiger partial charge on any atom is -0.349 e. The quantitative estimate of drug-likeness (QED) is 0.505. The summed E-state index contributed by atoms with van der Waals surface area (Å²) in [7, 11) is 0. The Bertz CT molecular complexity index is 1190. The maximum Gasteiger partial charge on any atom is 0.254 e. The molecule has 0 radical (unpaired) electrons. The highest BCUT2D eigenvalue weighted by molar-refractivity contribution is 5.95. The summed E-state index contributed by atoms with van der Waals surface area (Å²) in [6.45, 7) is 3.95. The molecule has 1 fully saturated rings. The molecular weight excluding hydrogens is 400 g/mol. The largest absolute Gasteiger partial charge is 0.349 e. The molecule has 1 aliphatic rings. The molecule has 7 nitrogen and oxygen atoms in total. The minimum absolute atomic E-state index is 0.0311. The molecule has 1 saturated heterocycles. The molecule has 1 aliphatic heterocycles. The van der Waals surface area contributed by atoms with E-state index in [1.165, 1.54) is 0 Å². The number of amides is 1. The van der Waals surface area contributed by atoms with Crippen molar-refractivity contribution in [1.29, 1.82) is 0 Å². The number of anilines is 3. The first-order chi connectivity index (χ1) is 15.7. The van der Waals surface area contributed by atoms with E-state index < -0.39 is 0 Å². The van der Waals surface area contributed by atoms with E-state index >= 15 is 0 Å². The van der Waals surface area contributed by atoms with Gasteiger partial charge in [-0.1, -0.05) is 18.2 Å². The van der Waals surface area contributed by atoms with Crippen molar-refractivity contribution < 1.29 is 4.79 Å². The van der Waals surface area contributed by atoms with Crippen LogP contribution in [0.1, 0.15) is 28.8 Å². The smallest absolute Gasteiger partial charge is 0.254 e. The number of nitrogens with zero attached hydrogens (tertiary/aromatic N) is 4. The van der Waals surface area contributed by atoms with E-state index in [0.717, 1.165) is 48.5 Å². The number of rotatable bonds is 5. The minimum atomic E-state index is -0.0311. The number of piperidine rings is 1. The van der Waals surface area contributed by atoms with Gasteiger partial charge in [0.1, 0.15) is 0 Å². The van der Waals surface area contributed by atoms with Crippen LogP contribution in [0.2, 0.25) is 0 Å². The van der Waals surface area contributed by atoms with Gasteiger partial charge in [-0.05, 0) is 86.9 Å². The third kappa shape index (κ3) is 4.20. The first kappa shape index (κ1) is 20.2. The zero-order chi connectivity index (χ0) is 21.9. The summed E-state index contributed by atoms with van der Waals surface area (Å²) in [5.74, 6) is 0.546. The van der Waals surface area contributed by atoms with Gasteiger partial charge in [-0.15, -0.1) is 5.10 Å². The van der Waals surface area contributed by atoms with Crippen LogP contribution < -0.4 is 15.5 Å². The summed E-state index contributed by atoms with van der Waals surface area (Å²) < 4.78 is 1.76. The van der Waals surface area contributed by atoms with Crippen LogP contribution in [0.25, 0.3) is 5.65 Å². The Morgan fingerprint density at radius 2 is 1.84 bits per heavy atom. The Hall–Kier alpha value is -3.71. The molecular formula is C25H26N6O. The molecule has 0 bridgehead atoms. The Morgan fingerprint density at radius 1 is 1.03 bits per heavy atom. The van der Waals surface area contributed by atoms with E-state index in [9.17, 15) is 4.79 Å². The van der Waals surface area contributed by atoms with Gasteiger partial charge in [-0.25, -0.2) is 4.52 Å². The van der Waals surface area contributed by atoms with E-state index in [1.807, 2.05) is 65.7 Å². The third-order valence-electron chi connectivity index (χ3n) is 5.75. The van der Waals surface area contributed by atoms with E-state index in [-0.39, 0.29) is 11.9 Å². The number of carbonyl (C=O) groups is 1. The predicted molar refractivity (Wildman–Crippen MR) is 126 cm³/mol. The Labute approximate surface area is 187 Å². The summed E-state index contributed by atoms with van der Waals surface area (Å²) in [6, 6.07) is 21.9. The van der Waals surface area contributed by atoms with Crippen molar-refractivity contribution in [2.75, 3.05) is 18.0 Å². The molecule has 32 heavy (non-hydrogen) atoms. The molecule has 0 spiro atoms. The van der Waals surface area contributed by atoms with E-state index in [4.69, 9.17) is 4.98 Å². The summed E-state index contributed by atoms with van der Waals surface area (Å²) in [5.41, 5.74) is 4.43. The number of fused-ring (bicyclic) bond motifs is 1. The number of nitrogens with one attached hydrogen (secondary N) is 2. The molecule has 2 aromatic carbocycles. The summed E-state index contributed by atoms with van der Waals surface area (Å²) in [5, 5.41) is 11.2. The van der Waals surface area contributed by atoms with Gasteiger partial charge in [0.05, 0.1) is 0 Å². The highest BCUT2D eigenvalue weighted by atomic mass is 16.1. The van der Waals surface area contributed by atoms with Crippen LogP contribution in [0.5, 0.6) is 0 Å². The van der Waals surface area contributed by atoms with Crippen molar-refractivity contribution >= 4 is 28.9 Å². The van der Waals surface area contributed by atoms with Gasteiger partial charge in [-0.3, -0.25) is 9.69 Å². The molecule has 0 saturated carbocycles. The SMILES string of the molecule is Cc1cccc(N(c2ccc(C(=O)NC3CCNCC3)cc2)c2nc3ccccn3n2)c1. The number of aryl methyl sites for hydroxylation is 1. The second kappa shape index (κ2) is 8.80. The zero-order valence-electron chi connectivity index (χ0n) is 18.0. The lowest BCUT2D eigenvalue weighted by atomic mass is 10.1. The third-order valence-corrected chi connectivity index (χ3v) is 5.75. The molecule has 2 aromatic heterocycles. The lowest BCUT2D eigenvalue weighted by molar-refractivity contribution is 0.0929. The maximum atomic E-state index is 12.7. The summed E-state index contributed by atoms with van der Waals surface area (Å²) in [4.78, 5) is 19.5. The van der Waals surface area contributed by atoms with Crippen LogP contribution in [-0.4, -0.2) is 39.6 Å². The number of aromatic nitrogens is 3. The molecule has 3 heterocycles. The van der Waals surface area contributed by atoms with Crippen molar-refractivity contribution in [1.82, 2.24) is 25.2 Å². The number of hydrogen-bond donors (Lipinski definition) is 2. The Kier molecular flexibility index (Phi) is 5.56. The molecule has 7 heteroatoms. The fourth-order valence-corrected chi connectivity index (χ4v) is 4.06. The number of benzene rings is 2. The molecule has 0 unspecified atom stereocenters. The maximum absolute atomic E-state index is 12.7. The topological polar surface area (TPSA) is 74.6 Å². The second-order valence-electron chi connectivity index (χ2n) is 8.13. The summed E-state index contributed by atoms with van der Waals surface area (Å²) >= 11 is 0. The fourth-order valence-electron chi connectivity index (χ4n) is 4.06. The lowest BCUT2D eigenvalue weighted by Crippen LogP contribution is -2.42. The van der Waals surface area contributed by atoms with Crippen molar-refractivity contribution in [2.24, 2.45) is 0 Å². The van der Waals surface area contributed by atoms with Gasteiger partial charge in [-0.2, -0.15) is 4.98 Å². The Morgan fingerprint density at radius 3 is 2.59 bits per heavy atom. The van der Waals surface area contributed by atoms with Gasteiger partial charge < -0.3 is 10.6 Å². The standard InChI is InChI=1S/C25H26N6O/c1-18-5-4-6-22(17-18)31(25-28-23-7-2-3-16-30(23)29-25)21-10-8-19(9-11-21)24(32)27-20-12-14-26-15-13-20/h2-11,16-17,20,26H,12-15H2,1H3,(H,27,32). The monoisotopic (exact) mass is 426 g/mol. The molecule has 0 atom stereocenters. The Balaban J connectivity index is 1.46. The molecule has 4 aromatic rings. The van der Waals surface area contributed by atoms with Crippen LogP contribution in [0.15, 0.2) is 72.9 Å². The number of pyridine rings is 1. The first-order valence-electron chi connectivity index (χ1n) is 11.0. The van der Waals surface area contributed by atoms with Gasteiger partial charge in [0, 0.05) is 29.2 Å². The van der Waals surface area contributed by atoms with Crippen molar-refractivity contribution in [3.63, 3.8) is 0 Å². The molecule has 0 aliphatic carbocycles. The van der Waals surface area contributed by atoms with Gasteiger partial charge in [0.25, 0.3) is 11.9 Å². The van der Waals surface area contributed by atoms with Crippen molar-refractivity contribution in [2.45, 2.75) is 25.8 Å². The molecule has 2 N–H and O–H groups in total. The molecule has 5 rings (SSSR count). The average Bonchev–Trinajstić information content (AvgIpc) is 3.24.